The smallest absolute Gasteiger partial charge is 0.308 e. The Hall–Kier alpha value is -0.770. The highest BCUT2D eigenvalue weighted by molar-refractivity contribution is 6.42. The van der Waals surface area contributed by atoms with Gasteiger partial charge in [-0.3, -0.25) is 9.69 Å². The van der Waals surface area contributed by atoms with E-state index in [0.717, 1.165) is 12.1 Å². The maximum Gasteiger partial charge on any atom is 0.308 e. The monoisotopic (exact) mass is 315 g/mol. The van der Waals surface area contributed by atoms with Crippen molar-refractivity contribution in [3.05, 3.63) is 33.8 Å². The average molecular weight is 316 g/mol. The molecule has 1 heterocycles. The summed E-state index contributed by atoms with van der Waals surface area (Å²) >= 11 is 12.4. The molecule has 3 nitrogen and oxygen atoms in total. The molecule has 2 rings (SSSR count). The lowest BCUT2D eigenvalue weighted by atomic mass is 9.91. The zero-order valence-electron chi connectivity index (χ0n) is 11.9. The first-order valence-corrected chi connectivity index (χ1v) is 7.42. The maximum absolute atomic E-state index is 11.6. The number of likely N-dealkylation sites (tertiary alicyclic amines) is 1. The second kappa shape index (κ2) is 5.55. The highest BCUT2D eigenvalue weighted by atomic mass is 35.5. The van der Waals surface area contributed by atoms with E-state index in [2.05, 4.69) is 25.7 Å². The number of nitrogens with zero attached hydrogens (tertiary/aromatic N) is 1. The van der Waals surface area contributed by atoms with E-state index >= 15 is 0 Å². The minimum atomic E-state index is -0.780. The van der Waals surface area contributed by atoms with E-state index in [-0.39, 0.29) is 11.6 Å². The van der Waals surface area contributed by atoms with Gasteiger partial charge in [0.25, 0.3) is 0 Å². The Morgan fingerprint density at radius 3 is 2.55 bits per heavy atom. The molecule has 0 amide bonds. The molecule has 0 spiro atoms. The number of rotatable bonds is 2. The molecule has 1 aliphatic heterocycles. The molecule has 1 aliphatic rings. The van der Waals surface area contributed by atoms with E-state index in [1.54, 1.807) is 6.07 Å². The van der Waals surface area contributed by atoms with Gasteiger partial charge >= 0.3 is 5.97 Å². The van der Waals surface area contributed by atoms with Gasteiger partial charge < -0.3 is 5.11 Å². The van der Waals surface area contributed by atoms with Crippen LogP contribution in [0, 0.1) is 5.92 Å². The largest absolute Gasteiger partial charge is 0.481 e. The molecule has 0 bridgehead atoms. The number of hydrogen-bond donors (Lipinski definition) is 1. The first-order valence-electron chi connectivity index (χ1n) is 6.67. The molecule has 0 radical (unpaired) electrons. The zero-order valence-corrected chi connectivity index (χ0v) is 13.4. The summed E-state index contributed by atoms with van der Waals surface area (Å²) in [5.41, 5.74) is 0.680. The van der Waals surface area contributed by atoms with Crippen LogP contribution in [-0.2, 0) is 4.79 Å². The van der Waals surface area contributed by atoms with Crippen molar-refractivity contribution in [1.29, 1.82) is 0 Å². The van der Waals surface area contributed by atoms with Crippen molar-refractivity contribution in [1.82, 2.24) is 4.90 Å². The van der Waals surface area contributed by atoms with Gasteiger partial charge in [0.2, 0.25) is 0 Å². The molecule has 1 aromatic rings. The van der Waals surface area contributed by atoms with Crippen LogP contribution in [0.25, 0.3) is 0 Å². The lowest BCUT2D eigenvalue weighted by Gasteiger charge is -2.38. The number of carbonyl (C=O) groups is 1. The van der Waals surface area contributed by atoms with E-state index < -0.39 is 11.9 Å². The summed E-state index contributed by atoms with van der Waals surface area (Å²) in [5.74, 6) is -1.23. The van der Waals surface area contributed by atoms with E-state index in [4.69, 9.17) is 23.2 Å². The minimum absolute atomic E-state index is 0.124. The van der Waals surface area contributed by atoms with Gasteiger partial charge in [0.15, 0.2) is 0 Å². The van der Waals surface area contributed by atoms with Crippen molar-refractivity contribution in [2.24, 2.45) is 5.92 Å². The van der Waals surface area contributed by atoms with Crippen molar-refractivity contribution in [3.8, 4) is 0 Å². The summed E-state index contributed by atoms with van der Waals surface area (Å²) in [5, 5.41) is 10.4. The summed E-state index contributed by atoms with van der Waals surface area (Å²) in [4.78, 5) is 13.7. The minimum Gasteiger partial charge on any atom is -0.481 e. The Bertz CT molecular complexity index is 525. The van der Waals surface area contributed by atoms with E-state index in [0.29, 0.717) is 16.5 Å². The standard InChI is InChI=1S/C15H19Cl2NO2/c1-15(2,3)18-8-7-10(14(19)20)13(18)9-5-4-6-11(16)12(9)17/h4-6,10,13H,7-8H2,1-3H3,(H,19,20)/t10-,13?/m0/s1. The van der Waals surface area contributed by atoms with Gasteiger partial charge in [-0.2, -0.15) is 0 Å². The van der Waals surface area contributed by atoms with E-state index in [1.165, 1.54) is 0 Å². The van der Waals surface area contributed by atoms with Crippen LogP contribution in [0.3, 0.4) is 0 Å². The van der Waals surface area contributed by atoms with Crippen LogP contribution in [0.4, 0.5) is 0 Å². The van der Waals surface area contributed by atoms with Crippen LogP contribution in [0.2, 0.25) is 10.0 Å². The first-order chi connectivity index (χ1) is 9.23. The maximum atomic E-state index is 11.6. The lowest BCUT2D eigenvalue weighted by molar-refractivity contribution is -0.142. The van der Waals surface area contributed by atoms with Gasteiger partial charge in [-0.15, -0.1) is 0 Å². The molecule has 5 heteroatoms. The molecule has 1 N–H and O–H groups in total. The Kier molecular flexibility index (Phi) is 4.33. The van der Waals surface area contributed by atoms with Crippen molar-refractivity contribution in [2.75, 3.05) is 6.54 Å². The molecule has 2 atom stereocenters. The second-order valence-electron chi connectivity index (χ2n) is 6.19. The van der Waals surface area contributed by atoms with Gasteiger partial charge in [-0.25, -0.2) is 0 Å². The number of carboxylic acid groups (broad SMARTS) is 1. The normalized spacial score (nSPS) is 24.1. The Morgan fingerprint density at radius 1 is 1.35 bits per heavy atom. The number of aliphatic carboxylic acids is 1. The van der Waals surface area contributed by atoms with Crippen LogP contribution in [-0.4, -0.2) is 28.1 Å². The third-order valence-electron chi connectivity index (χ3n) is 3.88. The summed E-state index contributed by atoms with van der Waals surface area (Å²) in [6.45, 7) is 7.00. The lowest BCUT2D eigenvalue weighted by Crippen LogP contribution is -2.42. The van der Waals surface area contributed by atoms with Crippen molar-refractivity contribution < 1.29 is 9.90 Å². The van der Waals surface area contributed by atoms with E-state index in [9.17, 15) is 9.90 Å². The third kappa shape index (κ3) is 2.80. The average Bonchev–Trinajstić information content (AvgIpc) is 2.77. The van der Waals surface area contributed by atoms with Crippen LogP contribution in [0.15, 0.2) is 18.2 Å². The van der Waals surface area contributed by atoms with Crippen LogP contribution < -0.4 is 0 Å². The molecular weight excluding hydrogens is 297 g/mol. The first kappa shape index (κ1) is 15.6. The van der Waals surface area contributed by atoms with Gasteiger partial charge in [0.05, 0.1) is 22.0 Å². The molecule has 1 unspecified atom stereocenters. The molecule has 1 fully saturated rings. The van der Waals surface area contributed by atoms with Crippen molar-refractivity contribution >= 4 is 29.2 Å². The number of benzene rings is 1. The Morgan fingerprint density at radius 2 is 2.00 bits per heavy atom. The molecule has 20 heavy (non-hydrogen) atoms. The molecular formula is C15H19Cl2NO2. The second-order valence-corrected chi connectivity index (χ2v) is 6.97. The summed E-state index contributed by atoms with van der Waals surface area (Å²) in [6, 6.07) is 5.18. The van der Waals surface area contributed by atoms with Crippen LogP contribution >= 0.6 is 23.2 Å². The molecule has 1 saturated heterocycles. The van der Waals surface area contributed by atoms with Crippen molar-refractivity contribution in [2.45, 2.75) is 38.8 Å². The Labute approximate surface area is 129 Å². The number of hydrogen-bond acceptors (Lipinski definition) is 2. The molecule has 110 valence electrons. The molecule has 0 aliphatic carbocycles. The van der Waals surface area contributed by atoms with Crippen molar-refractivity contribution in [3.63, 3.8) is 0 Å². The van der Waals surface area contributed by atoms with Gasteiger partial charge in [-0.1, -0.05) is 35.3 Å². The fourth-order valence-electron chi connectivity index (χ4n) is 2.94. The zero-order chi connectivity index (χ0) is 15.1. The molecule has 0 saturated carbocycles. The third-order valence-corrected chi connectivity index (χ3v) is 4.71. The van der Waals surface area contributed by atoms with Gasteiger partial charge in [0, 0.05) is 12.1 Å². The van der Waals surface area contributed by atoms with Gasteiger partial charge in [-0.05, 0) is 38.8 Å². The molecule has 1 aromatic carbocycles. The topological polar surface area (TPSA) is 40.5 Å². The highest BCUT2D eigenvalue weighted by Crippen LogP contribution is 2.45. The Balaban J connectivity index is 2.51. The predicted octanol–water partition coefficient (Wildman–Crippen LogP) is 4.24. The number of carboxylic acids is 1. The summed E-state index contributed by atoms with van der Waals surface area (Å²) in [7, 11) is 0. The summed E-state index contributed by atoms with van der Waals surface area (Å²) in [6.07, 6.45) is 0.625. The van der Waals surface area contributed by atoms with Gasteiger partial charge in [0.1, 0.15) is 0 Å². The molecule has 0 aromatic heterocycles. The van der Waals surface area contributed by atoms with Crippen LogP contribution in [0.1, 0.15) is 38.8 Å². The fourth-order valence-corrected chi connectivity index (χ4v) is 3.36. The fraction of sp³-hybridized carbons (Fsp3) is 0.533. The summed E-state index contributed by atoms with van der Waals surface area (Å²) < 4.78 is 0. The quantitative estimate of drug-likeness (QED) is 0.887. The van der Waals surface area contributed by atoms with E-state index in [1.807, 2.05) is 12.1 Å². The SMILES string of the molecule is CC(C)(C)N1CC[C@H](C(=O)O)C1c1cccc(Cl)c1Cl. The highest BCUT2D eigenvalue weighted by Gasteiger charge is 2.44. The number of halogens is 2. The predicted molar refractivity (Wildman–Crippen MR) is 81.4 cm³/mol. The van der Waals surface area contributed by atoms with Crippen LogP contribution in [0.5, 0.6) is 0 Å².